The van der Waals surface area contributed by atoms with Crippen LogP contribution < -0.4 is 4.74 Å². The first-order chi connectivity index (χ1) is 12.6. The number of ether oxygens (including phenoxy) is 1. The summed E-state index contributed by atoms with van der Waals surface area (Å²) >= 11 is 0. The molecule has 0 spiro atoms. The fourth-order valence-electron chi connectivity index (χ4n) is 3.45. The lowest BCUT2D eigenvalue weighted by Crippen LogP contribution is -2.25. The molecular formula is C17H22N8O. The molecule has 1 aliphatic carbocycles. The summed E-state index contributed by atoms with van der Waals surface area (Å²) < 4.78 is 8.00. The fraction of sp³-hybridized carbons (Fsp3) is 0.529. The fourth-order valence-corrected chi connectivity index (χ4v) is 3.45. The highest BCUT2D eigenvalue weighted by Gasteiger charge is 2.27. The quantitative estimate of drug-likeness (QED) is 0.764. The number of H-pyrrole nitrogens is 1. The van der Waals surface area contributed by atoms with Crippen LogP contribution in [0.5, 0.6) is 5.75 Å². The number of nitrogens with zero attached hydrogens (tertiary/aromatic N) is 7. The Hall–Kier alpha value is -2.84. The summed E-state index contributed by atoms with van der Waals surface area (Å²) in [6.45, 7) is 3.95. The van der Waals surface area contributed by atoms with E-state index in [1.54, 1.807) is 4.68 Å². The van der Waals surface area contributed by atoms with Gasteiger partial charge in [-0.15, -0.1) is 15.3 Å². The van der Waals surface area contributed by atoms with Crippen LogP contribution in [0.4, 0.5) is 0 Å². The number of aromatic nitrogens is 8. The third-order valence-electron chi connectivity index (χ3n) is 5.03. The lowest BCUT2D eigenvalue weighted by atomic mass is 9.86. The number of hydrogen-bond donors (Lipinski definition) is 1. The summed E-state index contributed by atoms with van der Waals surface area (Å²) in [5.41, 5.74) is 3.46. The molecule has 3 heterocycles. The van der Waals surface area contributed by atoms with Crippen LogP contribution in [0.15, 0.2) is 12.1 Å². The Morgan fingerprint density at radius 2 is 2.08 bits per heavy atom. The van der Waals surface area contributed by atoms with Gasteiger partial charge in [0.25, 0.3) is 0 Å². The average Bonchev–Trinajstić information content (AvgIpc) is 3.29. The molecule has 0 aromatic carbocycles. The van der Waals surface area contributed by atoms with Crippen molar-refractivity contribution in [1.29, 1.82) is 0 Å². The molecule has 0 amide bonds. The number of hydrogen-bond acceptors (Lipinski definition) is 7. The van der Waals surface area contributed by atoms with Crippen molar-refractivity contribution in [1.82, 2.24) is 40.6 Å². The van der Waals surface area contributed by atoms with Gasteiger partial charge in [0.2, 0.25) is 0 Å². The highest BCUT2D eigenvalue weighted by molar-refractivity contribution is 5.57. The van der Waals surface area contributed by atoms with E-state index in [4.69, 9.17) is 4.74 Å². The summed E-state index contributed by atoms with van der Waals surface area (Å²) in [4.78, 5) is 4.67. The molecule has 4 rings (SSSR count). The first-order valence-electron chi connectivity index (χ1n) is 8.86. The molecule has 1 aliphatic rings. The van der Waals surface area contributed by atoms with Gasteiger partial charge in [0.15, 0.2) is 5.82 Å². The van der Waals surface area contributed by atoms with E-state index < -0.39 is 0 Å². The monoisotopic (exact) mass is 354 g/mol. The van der Waals surface area contributed by atoms with Gasteiger partial charge in [0, 0.05) is 13.0 Å². The van der Waals surface area contributed by atoms with E-state index in [0.717, 1.165) is 60.0 Å². The van der Waals surface area contributed by atoms with Gasteiger partial charge in [-0.2, -0.15) is 5.21 Å². The Morgan fingerprint density at radius 1 is 1.19 bits per heavy atom. The van der Waals surface area contributed by atoms with Gasteiger partial charge in [-0.1, -0.05) is 10.4 Å². The minimum Gasteiger partial charge on any atom is -0.489 e. The predicted octanol–water partition coefficient (Wildman–Crippen LogP) is 2.11. The Bertz CT molecular complexity index is 888. The van der Waals surface area contributed by atoms with Gasteiger partial charge >= 0.3 is 0 Å². The van der Waals surface area contributed by atoms with Gasteiger partial charge in [0.1, 0.15) is 11.4 Å². The number of nitrogens with one attached hydrogen (secondary N) is 1. The van der Waals surface area contributed by atoms with Gasteiger partial charge in [-0.25, -0.2) is 4.98 Å². The maximum atomic E-state index is 6.25. The van der Waals surface area contributed by atoms with Crippen molar-refractivity contribution in [2.75, 3.05) is 0 Å². The second kappa shape index (κ2) is 6.81. The minimum atomic E-state index is 0.136. The van der Waals surface area contributed by atoms with Crippen LogP contribution in [0.1, 0.15) is 48.8 Å². The van der Waals surface area contributed by atoms with E-state index in [0.29, 0.717) is 5.92 Å². The van der Waals surface area contributed by atoms with Gasteiger partial charge in [-0.05, 0) is 51.7 Å². The summed E-state index contributed by atoms with van der Waals surface area (Å²) in [5, 5.41) is 22.7. The molecule has 0 aliphatic heterocycles. The third kappa shape index (κ3) is 3.16. The molecule has 3 aromatic heterocycles. The van der Waals surface area contributed by atoms with E-state index >= 15 is 0 Å². The van der Waals surface area contributed by atoms with E-state index in [1.165, 1.54) is 0 Å². The predicted molar refractivity (Wildman–Crippen MR) is 93.5 cm³/mol. The number of rotatable bonds is 4. The zero-order valence-electron chi connectivity index (χ0n) is 15.2. The second-order valence-corrected chi connectivity index (χ2v) is 6.80. The Labute approximate surface area is 151 Å². The minimum absolute atomic E-state index is 0.136. The Morgan fingerprint density at radius 3 is 2.77 bits per heavy atom. The zero-order chi connectivity index (χ0) is 18.1. The molecule has 9 heteroatoms. The van der Waals surface area contributed by atoms with Gasteiger partial charge in [0.05, 0.1) is 23.2 Å². The zero-order valence-corrected chi connectivity index (χ0v) is 15.2. The molecule has 136 valence electrons. The summed E-state index contributed by atoms with van der Waals surface area (Å²) in [6.07, 6.45) is 4.22. The van der Waals surface area contributed by atoms with Crippen molar-refractivity contribution in [3.63, 3.8) is 0 Å². The molecular weight excluding hydrogens is 332 g/mol. The highest BCUT2D eigenvalue weighted by Crippen LogP contribution is 2.33. The third-order valence-corrected chi connectivity index (χ3v) is 5.03. The van der Waals surface area contributed by atoms with Crippen LogP contribution in [0.25, 0.3) is 11.4 Å². The maximum absolute atomic E-state index is 6.25. The first kappa shape index (κ1) is 16.6. The van der Waals surface area contributed by atoms with Crippen molar-refractivity contribution < 1.29 is 4.74 Å². The molecule has 0 saturated heterocycles. The lowest BCUT2D eigenvalue weighted by Gasteiger charge is -2.28. The van der Waals surface area contributed by atoms with Crippen LogP contribution in [-0.2, 0) is 7.05 Å². The summed E-state index contributed by atoms with van der Waals surface area (Å²) in [5.74, 6) is 1.89. The molecule has 3 aromatic rings. The van der Waals surface area contributed by atoms with Crippen LogP contribution in [-0.4, -0.2) is 46.7 Å². The Balaban J connectivity index is 1.49. The maximum Gasteiger partial charge on any atom is 0.177 e. The van der Waals surface area contributed by atoms with E-state index in [9.17, 15) is 0 Å². The molecule has 26 heavy (non-hydrogen) atoms. The molecule has 0 radical (unpaired) electrons. The van der Waals surface area contributed by atoms with E-state index in [-0.39, 0.29) is 6.10 Å². The standard InChI is InChI=1S/C17H22N8O/c1-10-15(8-7-14(18-10)16-11(2)25(3)24-19-16)26-13-6-4-5-12(9-13)17-20-22-23-21-17/h7-8,12-13H,4-6,9H2,1-3H3,(H,20,21,22,23)/t12-,13-/m0/s1. The van der Waals surface area contributed by atoms with Crippen LogP contribution in [0, 0.1) is 13.8 Å². The van der Waals surface area contributed by atoms with Crippen molar-refractivity contribution >= 4 is 0 Å². The van der Waals surface area contributed by atoms with Crippen molar-refractivity contribution in [3.05, 3.63) is 29.3 Å². The van der Waals surface area contributed by atoms with Crippen molar-refractivity contribution in [3.8, 4) is 17.1 Å². The normalized spacial score (nSPS) is 20.3. The van der Waals surface area contributed by atoms with Crippen LogP contribution in [0.2, 0.25) is 0 Å². The first-order valence-corrected chi connectivity index (χ1v) is 8.86. The second-order valence-electron chi connectivity index (χ2n) is 6.80. The van der Waals surface area contributed by atoms with Crippen LogP contribution in [0.3, 0.4) is 0 Å². The summed E-state index contributed by atoms with van der Waals surface area (Å²) in [6, 6.07) is 3.92. The number of tetrazole rings is 1. The number of aryl methyl sites for hydroxylation is 2. The van der Waals surface area contributed by atoms with Gasteiger partial charge < -0.3 is 4.74 Å². The molecule has 9 nitrogen and oxygen atoms in total. The average molecular weight is 354 g/mol. The summed E-state index contributed by atoms with van der Waals surface area (Å²) in [7, 11) is 1.87. The molecule has 0 unspecified atom stereocenters. The molecule has 1 fully saturated rings. The van der Waals surface area contributed by atoms with Crippen molar-refractivity contribution in [2.24, 2.45) is 7.05 Å². The van der Waals surface area contributed by atoms with Crippen molar-refractivity contribution in [2.45, 2.75) is 51.6 Å². The smallest absolute Gasteiger partial charge is 0.177 e. The topological polar surface area (TPSA) is 107 Å². The highest BCUT2D eigenvalue weighted by atomic mass is 16.5. The molecule has 0 bridgehead atoms. The van der Waals surface area contributed by atoms with Crippen LogP contribution >= 0.6 is 0 Å². The molecule has 1 saturated carbocycles. The van der Waals surface area contributed by atoms with Gasteiger partial charge in [-0.3, -0.25) is 4.68 Å². The molecule has 1 N–H and O–H groups in total. The van der Waals surface area contributed by atoms with E-state index in [1.807, 2.05) is 33.0 Å². The number of aromatic amines is 1. The largest absolute Gasteiger partial charge is 0.489 e. The SMILES string of the molecule is Cc1nc(-c2nnn(C)c2C)ccc1O[C@H]1CCC[C@H](c2nn[nH]n2)C1. The van der Waals surface area contributed by atoms with E-state index in [2.05, 4.69) is 35.9 Å². The number of pyridine rings is 1. The lowest BCUT2D eigenvalue weighted by molar-refractivity contribution is 0.140. The Kier molecular flexibility index (Phi) is 4.36. The molecule has 2 atom stereocenters.